The van der Waals surface area contributed by atoms with E-state index in [-0.39, 0.29) is 32.2 Å². The number of aliphatic hydroxyl groups is 1. The number of benzene rings is 2. The van der Waals surface area contributed by atoms with E-state index in [4.69, 9.17) is 14.6 Å². The first-order chi connectivity index (χ1) is 15.3. The molecule has 0 saturated carbocycles. The number of rotatable bonds is 7. The highest BCUT2D eigenvalue weighted by Gasteiger charge is 2.51. The summed E-state index contributed by atoms with van der Waals surface area (Å²) in [6.07, 6.45) is -1.71. The average molecular weight is 440 g/mol. The van der Waals surface area contributed by atoms with Gasteiger partial charge in [-0.05, 0) is 22.3 Å². The molecule has 2 amide bonds. The fraction of sp³-hybridized carbons (Fsp3) is 0.348. The van der Waals surface area contributed by atoms with Crippen LogP contribution in [0.25, 0.3) is 11.1 Å². The molecule has 2 aliphatic rings. The molecule has 1 heterocycles. The summed E-state index contributed by atoms with van der Waals surface area (Å²) >= 11 is 0. The Morgan fingerprint density at radius 3 is 2.19 bits per heavy atom. The second-order valence-electron chi connectivity index (χ2n) is 7.96. The van der Waals surface area contributed by atoms with Gasteiger partial charge in [0.25, 0.3) is 5.91 Å². The zero-order valence-corrected chi connectivity index (χ0v) is 17.5. The summed E-state index contributed by atoms with van der Waals surface area (Å²) in [5, 5.41) is 21.2. The Morgan fingerprint density at radius 1 is 1.09 bits per heavy atom. The first-order valence-corrected chi connectivity index (χ1v) is 10.2. The minimum absolute atomic E-state index is 0.0808. The Morgan fingerprint density at radius 2 is 1.66 bits per heavy atom. The Hall–Kier alpha value is -3.43. The minimum Gasteiger partial charge on any atom is -0.479 e. The summed E-state index contributed by atoms with van der Waals surface area (Å²) in [6, 6.07) is 16.0. The molecule has 0 spiro atoms. The number of carboxylic acids is 1. The smallest absolute Gasteiger partial charge is 0.407 e. The lowest BCUT2D eigenvalue weighted by atomic mass is 9.94. The van der Waals surface area contributed by atoms with E-state index >= 15 is 0 Å². The number of carbonyl (C=O) groups is 3. The Balaban J connectivity index is 1.31. The molecule has 1 aliphatic heterocycles. The van der Waals surface area contributed by atoms with Crippen LogP contribution in [0.15, 0.2) is 48.5 Å². The quantitative estimate of drug-likeness (QED) is 0.591. The molecule has 1 fully saturated rings. The third kappa shape index (κ3) is 3.92. The average Bonchev–Trinajstić information content (AvgIpc) is 3.09. The summed E-state index contributed by atoms with van der Waals surface area (Å²) in [6.45, 7) is -0.658. The van der Waals surface area contributed by atoms with Gasteiger partial charge in [0.05, 0.1) is 19.6 Å². The van der Waals surface area contributed by atoms with Gasteiger partial charge in [-0.1, -0.05) is 48.5 Å². The van der Waals surface area contributed by atoms with Gasteiger partial charge in [0.15, 0.2) is 11.7 Å². The molecule has 9 heteroatoms. The number of fused-ring (bicyclic) bond motifs is 3. The van der Waals surface area contributed by atoms with Crippen molar-refractivity contribution in [1.82, 2.24) is 10.2 Å². The van der Waals surface area contributed by atoms with Crippen molar-refractivity contribution in [3.63, 3.8) is 0 Å². The first kappa shape index (κ1) is 21.8. The molecule has 2 aromatic carbocycles. The molecule has 0 bridgehead atoms. The number of likely N-dealkylation sites (tertiary alicyclic amines) is 1. The highest BCUT2D eigenvalue weighted by atomic mass is 16.5. The largest absolute Gasteiger partial charge is 0.479 e. The van der Waals surface area contributed by atoms with Gasteiger partial charge in [0.2, 0.25) is 0 Å². The molecule has 1 aliphatic carbocycles. The number of amides is 2. The Bertz CT molecular complexity index is 1000. The Kier molecular flexibility index (Phi) is 5.86. The fourth-order valence-electron chi connectivity index (χ4n) is 4.18. The predicted molar refractivity (Wildman–Crippen MR) is 113 cm³/mol. The van der Waals surface area contributed by atoms with Crippen LogP contribution in [-0.2, 0) is 19.1 Å². The van der Waals surface area contributed by atoms with Gasteiger partial charge in [0, 0.05) is 13.0 Å². The number of carbonyl (C=O) groups excluding carboxylic acids is 2. The van der Waals surface area contributed by atoms with Crippen LogP contribution >= 0.6 is 0 Å². The number of nitrogens with one attached hydrogen (secondary N) is 1. The summed E-state index contributed by atoms with van der Waals surface area (Å²) in [5.41, 5.74) is 2.50. The van der Waals surface area contributed by atoms with Gasteiger partial charge < -0.3 is 29.9 Å². The molecule has 2 aromatic rings. The van der Waals surface area contributed by atoms with Crippen LogP contribution in [0.3, 0.4) is 0 Å². The van der Waals surface area contributed by atoms with Crippen molar-refractivity contribution < 1.29 is 34.1 Å². The van der Waals surface area contributed by atoms with Crippen molar-refractivity contribution in [2.75, 3.05) is 33.4 Å². The van der Waals surface area contributed by atoms with Crippen molar-refractivity contribution in [3.05, 3.63) is 59.7 Å². The lowest BCUT2D eigenvalue weighted by Gasteiger charge is -2.44. The van der Waals surface area contributed by atoms with Gasteiger partial charge in [-0.25, -0.2) is 9.59 Å². The lowest BCUT2D eigenvalue weighted by molar-refractivity contribution is -0.185. The van der Waals surface area contributed by atoms with Crippen molar-refractivity contribution >= 4 is 18.0 Å². The van der Waals surface area contributed by atoms with Crippen LogP contribution in [0.1, 0.15) is 17.0 Å². The maximum absolute atomic E-state index is 12.4. The molecule has 168 valence electrons. The van der Waals surface area contributed by atoms with E-state index in [1.807, 2.05) is 48.5 Å². The van der Waals surface area contributed by atoms with Crippen molar-refractivity contribution in [1.29, 1.82) is 0 Å². The maximum atomic E-state index is 12.4. The molecule has 32 heavy (non-hydrogen) atoms. The summed E-state index contributed by atoms with van der Waals surface area (Å²) in [4.78, 5) is 36.8. The van der Waals surface area contributed by atoms with E-state index < -0.39 is 29.7 Å². The molecule has 0 aromatic heterocycles. The third-order valence-corrected chi connectivity index (χ3v) is 5.95. The van der Waals surface area contributed by atoms with Crippen LogP contribution in [0, 0.1) is 0 Å². The van der Waals surface area contributed by atoms with Crippen LogP contribution in [0.5, 0.6) is 0 Å². The van der Waals surface area contributed by atoms with Gasteiger partial charge in [-0.3, -0.25) is 4.79 Å². The van der Waals surface area contributed by atoms with Crippen molar-refractivity contribution in [3.8, 4) is 11.1 Å². The highest BCUT2D eigenvalue weighted by Crippen LogP contribution is 2.44. The van der Waals surface area contributed by atoms with Gasteiger partial charge in [-0.2, -0.15) is 0 Å². The molecule has 1 saturated heterocycles. The summed E-state index contributed by atoms with van der Waals surface area (Å²) in [5.74, 6) is -1.98. The van der Waals surface area contributed by atoms with E-state index in [1.54, 1.807) is 0 Å². The topological polar surface area (TPSA) is 125 Å². The summed E-state index contributed by atoms with van der Waals surface area (Å²) < 4.78 is 10.6. The van der Waals surface area contributed by atoms with E-state index in [1.165, 1.54) is 12.0 Å². The number of ether oxygens (including phenoxy) is 2. The van der Waals surface area contributed by atoms with E-state index in [0.717, 1.165) is 22.3 Å². The predicted octanol–water partition coefficient (Wildman–Crippen LogP) is 1.20. The number of β-amino-alcohol motifs (C(OH)–C–C–N with tert-alkyl or cyclic N) is 1. The molecular formula is C23H24N2O7. The zero-order chi connectivity index (χ0) is 22.9. The van der Waals surface area contributed by atoms with Crippen LogP contribution in [0.4, 0.5) is 4.79 Å². The second kappa shape index (κ2) is 8.60. The number of aliphatic carboxylic acids is 1. The molecule has 3 N–H and O–H groups in total. The normalized spacial score (nSPS) is 17.0. The standard InChI is InChI=1S/C23H24N2O7/c1-31-19(20(26)25-12-23(30,13-25)21(27)28)10-24-22(29)32-11-18-16-8-4-2-6-14(16)15-7-3-5-9-17(15)18/h2-9,18-19,30H,10-13H2,1H3,(H,24,29)(H,27,28). The molecule has 1 unspecified atom stereocenters. The maximum Gasteiger partial charge on any atom is 0.407 e. The molecule has 9 nitrogen and oxygen atoms in total. The number of nitrogens with zero attached hydrogens (tertiary/aromatic N) is 1. The number of hydrogen-bond acceptors (Lipinski definition) is 6. The molecular weight excluding hydrogens is 416 g/mol. The van der Waals surface area contributed by atoms with E-state index in [0.29, 0.717) is 0 Å². The van der Waals surface area contributed by atoms with Crippen LogP contribution in [-0.4, -0.2) is 78.1 Å². The van der Waals surface area contributed by atoms with Crippen LogP contribution < -0.4 is 5.32 Å². The Labute approximate surface area is 184 Å². The molecule has 1 atom stereocenters. The van der Waals surface area contributed by atoms with E-state index in [2.05, 4.69) is 5.32 Å². The molecule has 4 rings (SSSR count). The van der Waals surface area contributed by atoms with Crippen molar-refractivity contribution in [2.24, 2.45) is 0 Å². The number of carboxylic acid groups (broad SMARTS) is 1. The molecule has 0 radical (unpaired) electrons. The van der Waals surface area contributed by atoms with Gasteiger partial charge >= 0.3 is 12.1 Å². The van der Waals surface area contributed by atoms with Gasteiger partial charge in [0.1, 0.15) is 6.61 Å². The van der Waals surface area contributed by atoms with Gasteiger partial charge in [-0.15, -0.1) is 0 Å². The number of alkyl carbamates (subject to hydrolysis) is 1. The van der Waals surface area contributed by atoms with E-state index in [9.17, 15) is 19.5 Å². The number of hydrogen-bond donors (Lipinski definition) is 3. The van der Waals surface area contributed by atoms with Crippen LogP contribution in [0.2, 0.25) is 0 Å². The SMILES string of the molecule is COC(CNC(=O)OCC1c2ccccc2-c2ccccc21)C(=O)N1CC(O)(C(=O)O)C1. The first-order valence-electron chi connectivity index (χ1n) is 10.2. The third-order valence-electron chi connectivity index (χ3n) is 5.95. The monoisotopic (exact) mass is 440 g/mol. The highest BCUT2D eigenvalue weighted by molar-refractivity contribution is 5.87. The summed E-state index contributed by atoms with van der Waals surface area (Å²) in [7, 11) is 1.31. The second-order valence-corrected chi connectivity index (χ2v) is 7.96. The number of methoxy groups -OCH3 is 1. The minimum atomic E-state index is -1.94. The fourth-order valence-corrected chi connectivity index (χ4v) is 4.18. The van der Waals surface area contributed by atoms with Crippen molar-refractivity contribution in [2.45, 2.75) is 17.6 Å². The zero-order valence-electron chi connectivity index (χ0n) is 17.5. The lowest BCUT2D eigenvalue weighted by Crippen LogP contribution is -2.69.